The van der Waals surface area contributed by atoms with Gasteiger partial charge in [-0.1, -0.05) is 23.9 Å². The molecule has 1 fully saturated rings. The molecule has 0 bridgehead atoms. The largest absolute Gasteiger partial charge is 0.521 e. The number of benzene rings is 1. The van der Waals surface area contributed by atoms with Crippen LogP contribution in [0.25, 0.3) is 11.0 Å². The van der Waals surface area contributed by atoms with Gasteiger partial charge in [-0.3, -0.25) is 0 Å². The number of nitrogens with zero attached hydrogens (tertiary/aromatic N) is 3. The number of imide groups is 1. The fourth-order valence-electron chi connectivity index (χ4n) is 3.33. The van der Waals surface area contributed by atoms with Crippen LogP contribution in [0.15, 0.2) is 29.4 Å². The first-order chi connectivity index (χ1) is 11.0. The maximum Gasteiger partial charge on any atom is 0.521 e. The van der Waals surface area contributed by atoms with Crippen molar-refractivity contribution >= 4 is 34.8 Å². The molecule has 6 nitrogen and oxygen atoms in total. The van der Waals surface area contributed by atoms with Gasteiger partial charge in [-0.15, -0.1) is 0 Å². The molecule has 0 radical (unpaired) electrons. The van der Waals surface area contributed by atoms with Gasteiger partial charge < -0.3 is 9.67 Å². The second-order valence-corrected chi connectivity index (χ2v) is 6.93. The third-order valence-corrected chi connectivity index (χ3v) is 5.76. The number of quaternary nitrogens is 1. The lowest BCUT2D eigenvalue weighted by Crippen LogP contribution is -2.59. The van der Waals surface area contributed by atoms with Gasteiger partial charge in [0.1, 0.15) is 11.8 Å². The van der Waals surface area contributed by atoms with Crippen molar-refractivity contribution in [3.63, 3.8) is 0 Å². The standard InChI is InChI=1S/C16H19N3O3S/c1-11-6-5-9-19(11,16(21)22)14(20)10-23-15-17-12-7-3-4-8-13(12)18(15)2/h3-4,7-8,11H,5-6,9-10H2,1-2H3/p+1/t11-,19?/m1/s1. The number of aryl methyl sites for hydroxylation is 1. The van der Waals surface area contributed by atoms with Crippen molar-refractivity contribution in [2.75, 3.05) is 12.3 Å². The number of carboxylic acid groups (broad SMARTS) is 1. The van der Waals surface area contributed by atoms with E-state index in [2.05, 4.69) is 4.98 Å². The van der Waals surface area contributed by atoms with Crippen molar-refractivity contribution in [2.45, 2.75) is 31.0 Å². The first kappa shape index (κ1) is 16.0. The Kier molecular flexibility index (Phi) is 4.16. The summed E-state index contributed by atoms with van der Waals surface area (Å²) in [5, 5.41) is 10.3. The number of hydrogen-bond acceptors (Lipinski definition) is 4. The summed E-state index contributed by atoms with van der Waals surface area (Å²) in [6, 6.07) is 7.60. The molecule has 1 N–H and O–H groups in total. The van der Waals surface area contributed by atoms with Gasteiger partial charge in [0.2, 0.25) is 0 Å². The lowest BCUT2D eigenvalue weighted by molar-refractivity contribution is -0.791. The monoisotopic (exact) mass is 334 g/mol. The van der Waals surface area contributed by atoms with Crippen LogP contribution in [-0.4, -0.2) is 49.5 Å². The molecular weight excluding hydrogens is 314 g/mol. The predicted octanol–water partition coefficient (Wildman–Crippen LogP) is 2.87. The van der Waals surface area contributed by atoms with Crippen LogP contribution >= 0.6 is 11.8 Å². The summed E-state index contributed by atoms with van der Waals surface area (Å²) >= 11 is 1.31. The first-order valence-electron chi connectivity index (χ1n) is 7.65. The third kappa shape index (κ3) is 2.53. The molecule has 2 atom stereocenters. The summed E-state index contributed by atoms with van der Waals surface area (Å²) in [4.78, 5) is 28.9. The highest BCUT2D eigenvalue weighted by Gasteiger charge is 2.52. The van der Waals surface area contributed by atoms with Gasteiger partial charge in [0.25, 0.3) is 0 Å². The van der Waals surface area contributed by atoms with Crippen LogP contribution in [-0.2, 0) is 11.8 Å². The number of imidazole rings is 1. The van der Waals surface area contributed by atoms with Crippen LogP contribution in [0.1, 0.15) is 19.8 Å². The molecule has 2 aromatic rings. The first-order valence-corrected chi connectivity index (χ1v) is 8.64. The molecule has 23 heavy (non-hydrogen) atoms. The van der Waals surface area contributed by atoms with Crippen molar-refractivity contribution in [3.8, 4) is 0 Å². The number of rotatable bonds is 3. The Bertz CT molecular complexity index is 773. The number of hydrogen-bond donors (Lipinski definition) is 1. The summed E-state index contributed by atoms with van der Waals surface area (Å²) in [6.07, 6.45) is 0.510. The molecule has 0 saturated carbocycles. The number of amides is 2. The van der Waals surface area contributed by atoms with E-state index >= 15 is 0 Å². The summed E-state index contributed by atoms with van der Waals surface area (Å²) in [5.41, 5.74) is 1.88. The zero-order valence-corrected chi connectivity index (χ0v) is 14.0. The van der Waals surface area contributed by atoms with Gasteiger partial charge in [-0.05, 0) is 19.1 Å². The fraction of sp³-hybridized carbons (Fsp3) is 0.438. The molecule has 1 aromatic heterocycles. The minimum atomic E-state index is -1.04. The van der Waals surface area contributed by atoms with E-state index in [1.807, 2.05) is 42.8 Å². The topological polar surface area (TPSA) is 72.2 Å². The normalized spacial score (nSPS) is 24.2. The van der Waals surface area contributed by atoms with Crippen molar-refractivity contribution in [3.05, 3.63) is 24.3 Å². The summed E-state index contributed by atoms with van der Waals surface area (Å²) in [6.45, 7) is 2.23. The van der Waals surface area contributed by atoms with Gasteiger partial charge in [0.15, 0.2) is 5.16 Å². The summed E-state index contributed by atoms with van der Waals surface area (Å²) < 4.78 is 1.49. The van der Waals surface area contributed by atoms with Gasteiger partial charge in [-0.2, -0.15) is 9.28 Å². The number of carbonyl (C=O) groups is 2. The summed E-state index contributed by atoms with van der Waals surface area (Å²) in [5.74, 6) is -0.132. The van der Waals surface area contributed by atoms with Gasteiger partial charge in [0.05, 0.1) is 17.6 Å². The molecule has 1 aromatic carbocycles. The van der Waals surface area contributed by atoms with E-state index in [4.69, 9.17) is 0 Å². The zero-order chi connectivity index (χ0) is 16.6. The molecule has 0 aliphatic carbocycles. The molecule has 1 saturated heterocycles. The van der Waals surface area contributed by atoms with Crippen LogP contribution < -0.4 is 0 Å². The number of para-hydroxylation sites is 2. The minimum absolute atomic E-state index is 0.119. The summed E-state index contributed by atoms with van der Waals surface area (Å²) in [7, 11) is 1.90. The van der Waals surface area contributed by atoms with E-state index in [0.29, 0.717) is 6.54 Å². The maximum atomic E-state index is 12.7. The molecular formula is C16H20N3O3S+. The minimum Gasteiger partial charge on any atom is -0.435 e. The van der Waals surface area contributed by atoms with Crippen molar-refractivity contribution in [2.24, 2.45) is 7.05 Å². The SMILES string of the molecule is C[C@@H]1CCC[N+]1(C(=O)O)C(=O)CSc1nc2ccccc2n1C. The second-order valence-electron chi connectivity index (χ2n) is 5.99. The van der Waals surface area contributed by atoms with Crippen molar-refractivity contribution in [1.29, 1.82) is 0 Å². The number of carbonyl (C=O) groups excluding carboxylic acids is 1. The van der Waals surface area contributed by atoms with E-state index in [1.165, 1.54) is 11.8 Å². The van der Waals surface area contributed by atoms with Crippen molar-refractivity contribution in [1.82, 2.24) is 9.55 Å². The molecule has 2 amide bonds. The van der Waals surface area contributed by atoms with Gasteiger partial charge in [-0.25, -0.2) is 9.78 Å². The molecule has 7 heteroatoms. The average Bonchev–Trinajstić information content (AvgIpc) is 3.07. The number of aromatic nitrogens is 2. The van der Waals surface area contributed by atoms with Gasteiger partial charge in [0, 0.05) is 19.9 Å². The Balaban J connectivity index is 1.80. The lowest BCUT2D eigenvalue weighted by Gasteiger charge is -2.29. The van der Waals surface area contributed by atoms with E-state index in [1.54, 1.807) is 0 Å². The average molecular weight is 334 g/mol. The van der Waals surface area contributed by atoms with Gasteiger partial charge >= 0.3 is 12.0 Å². The van der Waals surface area contributed by atoms with E-state index < -0.39 is 10.6 Å². The van der Waals surface area contributed by atoms with E-state index in [9.17, 15) is 14.7 Å². The quantitative estimate of drug-likeness (QED) is 0.690. The predicted molar refractivity (Wildman–Crippen MR) is 88.3 cm³/mol. The molecule has 3 rings (SSSR count). The Labute approximate surface area is 138 Å². The van der Waals surface area contributed by atoms with Crippen LogP contribution in [0.5, 0.6) is 0 Å². The molecule has 1 unspecified atom stereocenters. The van der Waals surface area contributed by atoms with E-state index in [0.717, 1.165) is 29.0 Å². The number of thioether (sulfide) groups is 1. The Morgan fingerprint density at radius 1 is 1.43 bits per heavy atom. The maximum absolute atomic E-state index is 12.7. The zero-order valence-electron chi connectivity index (χ0n) is 13.2. The highest BCUT2D eigenvalue weighted by Crippen LogP contribution is 2.30. The van der Waals surface area contributed by atoms with Crippen LogP contribution in [0.4, 0.5) is 4.79 Å². The number of likely N-dealkylation sites (tertiary alicyclic amines) is 1. The lowest BCUT2D eigenvalue weighted by atomic mass is 10.2. The Morgan fingerprint density at radius 3 is 2.78 bits per heavy atom. The Morgan fingerprint density at radius 2 is 2.17 bits per heavy atom. The second kappa shape index (κ2) is 5.98. The van der Waals surface area contributed by atoms with Crippen molar-refractivity contribution < 1.29 is 19.2 Å². The van der Waals surface area contributed by atoms with E-state index in [-0.39, 0.29) is 17.7 Å². The molecule has 2 heterocycles. The third-order valence-electron chi connectivity index (χ3n) is 4.74. The fourth-order valence-corrected chi connectivity index (χ4v) is 4.27. The van der Waals surface area contributed by atoms with Crippen LogP contribution in [0.3, 0.4) is 0 Å². The number of fused-ring (bicyclic) bond motifs is 1. The Hall–Kier alpha value is -1.86. The van der Waals surface area contributed by atoms with Crippen LogP contribution in [0.2, 0.25) is 0 Å². The molecule has 0 spiro atoms. The van der Waals surface area contributed by atoms with Crippen LogP contribution in [0, 0.1) is 0 Å². The highest BCUT2D eigenvalue weighted by molar-refractivity contribution is 7.99. The highest BCUT2D eigenvalue weighted by atomic mass is 32.2. The molecule has 1 aliphatic rings. The molecule has 122 valence electrons. The smallest absolute Gasteiger partial charge is 0.435 e. The molecule has 1 aliphatic heterocycles.